The predicted molar refractivity (Wildman–Crippen MR) is 249 cm³/mol. The van der Waals surface area contributed by atoms with Crippen LogP contribution in [0.2, 0.25) is 0 Å². The first-order valence-corrected chi connectivity index (χ1v) is 22.5. The molecule has 0 radical (unpaired) electrons. The second-order valence-electron chi connectivity index (χ2n) is 16.8. The third-order valence-electron chi connectivity index (χ3n) is 12.2. The maximum Gasteiger partial charge on any atom is 0.250 e. The van der Waals surface area contributed by atoms with Gasteiger partial charge in [-0.25, -0.2) is 9.55 Å². The second-order valence-corrected chi connectivity index (χ2v) is 20.6. The Kier molecular flexibility index (Phi) is 8.80. The third-order valence-corrected chi connectivity index (χ3v) is 16.9. The number of para-hydroxylation sites is 3. The average Bonchev–Trinajstić information content (AvgIpc) is 3.82. The molecule has 0 aliphatic heterocycles. The van der Waals surface area contributed by atoms with Crippen LogP contribution in [0.15, 0.2) is 195 Å². The topological polar surface area (TPSA) is 26.6 Å². The third kappa shape index (κ3) is 5.95. The Morgan fingerprint density at radius 2 is 1.10 bits per heavy atom. The van der Waals surface area contributed by atoms with Crippen molar-refractivity contribution >= 4 is 61.7 Å². The molecule has 0 fully saturated rings. The van der Waals surface area contributed by atoms with Crippen LogP contribution in [-0.4, -0.2) is 22.2 Å². The van der Waals surface area contributed by atoms with Crippen LogP contribution >= 0.6 is 0 Å². The lowest BCUT2D eigenvalue weighted by molar-refractivity contribution is -0.731. The van der Waals surface area contributed by atoms with E-state index in [1.165, 1.54) is 64.8 Å². The van der Waals surface area contributed by atoms with E-state index in [0.717, 1.165) is 22.5 Å². The fourth-order valence-electron chi connectivity index (χ4n) is 9.53. The summed E-state index contributed by atoms with van der Waals surface area (Å²) in [6, 6.07) is 67.5. The highest BCUT2D eigenvalue weighted by atomic mass is 28.3. The van der Waals surface area contributed by atoms with Gasteiger partial charge < -0.3 is 0 Å². The van der Waals surface area contributed by atoms with E-state index >= 15 is 0 Å². The molecule has 0 aliphatic carbocycles. The summed E-state index contributed by atoms with van der Waals surface area (Å²) in [7, 11) is -2.98. The molecule has 0 unspecified atom stereocenters. The monoisotopic (exact) mass is 779 g/mol. The number of aryl methyl sites for hydroxylation is 2. The molecule has 0 saturated heterocycles. The molecule has 0 amide bonds. The van der Waals surface area contributed by atoms with E-state index in [2.05, 4.69) is 237 Å². The number of fused-ring (bicyclic) bond motifs is 4. The maximum atomic E-state index is 5.09. The second kappa shape index (κ2) is 14.2. The smallest absolute Gasteiger partial charge is 0.250 e. The van der Waals surface area contributed by atoms with Crippen molar-refractivity contribution in [2.45, 2.75) is 40.2 Å². The van der Waals surface area contributed by atoms with Crippen molar-refractivity contribution < 1.29 is 4.57 Å². The fourth-order valence-corrected chi connectivity index (χ4v) is 14.3. The van der Waals surface area contributed by atoms with E-state index < -0.39 is 8.07 Å². The largest absolute Gasteiger partial charge is 0.294 e. The number of imidazole rings is 1. The zero-order chi connectivity index (χ0) is 40.3. The van der Waals surface area contributed by atoms with Gasteiger partial charge in [-0.3, -0.25) is 4.57 Å². The van der Waals surface area contributed by atoms with Crippen molar-refractivity contribution in [1.29, 1.82) is 0 Å². The van der Waals surface area contributed by atoms with Crippen molar-refractivity contribution in [2.75, 3.05) is 0 Å². The normalized spacial score (nSPS) is 12.2. The first-order valence-electron chi connectivity index (χ1n) is 20.5. The van der Waals surface area contributed by atoms with Crippen LogP contribution in [0, 0.1) is 13.8 Å². The Morgan fingerprint density at radius 3 is 1.81 bits per heavy atom. The molecular formula is C54H47N4Si+. The summed E-state index contributed by atoms with van der Waals surface area (Å²) < 4.78 is 7.15. The highest BCUT2D eigenvalue weighted by Crippen LogP contribution is 2.34. The Labute approximate surface area is 347 Å². The van der Waals surface area contributed by atoms with Gasteiger partial charge >= 0.3 is 0 Å². The Balaban J connectivity index is 1.27. The van der Waals surface area contributed by atoms with Crippen molar-refractivity contribution in [3.63, 3.8) is 0 Å². The number of benzene rings is 7. The van der Waals surface area contributed by atoms with E-state index in [0.29, 0.717) is 0 Å². The molecule has 5 heteroatoms. The molecule has 0 bridgehead atoms. The van der Waals surface area contributed by atoms with E-state index in [1.54, 1.807) is 0 Å². The Morgan fingerprint density at radius 1 is 0.508 bits per heavy atom. The molecule has 0 saturated carbocycles. The molecule has 0 atom stereocenters. The Bertz CT molecular complexity index is 3110. The van der Waals surface area contributed by atoms with E-state index in [4.69, 9.17) is 4.98 Å². The van der Waals surface area contributed by atoms with Gasteiger partial charge in [0.25, 0.3) is 0 Å². The molecular weight excluding hydrogens is 733 g/mol. The summed E-state index contributed by atoms with van der Waals surface area (Å²) in [6.07, 6.45) is 4.25. The molecule has 10 aromatic rings. The van der Waals surface area contributed by atoms with E-state index in [1.807, 2.05) is 6.20 Å². The lowest BCUT2D eigenvalue weighted by atomic mass is 9.96. The van der Waals surface area contributed by atoms with Gasteiger partial charge in [0.1, 0.15) is 17.0 Å². The summed E-state index contributed by atoms with van der Waals surface area (Å²) in [5.41, 5.74) is 10.7. The van der Waals surface area contributed by atoms with Crippen LogP contribution in [0.5, 0.6) is 0 Å². The number of aromatic nitrogens is 4. The number of pyridine rings is 1. The van der Waals surface area contributed by atoms with Gasteiger partial charge in [-0.2, -0.15) is 4.57 Å². The van der Waals surface area contributed by atoms with E-state index in [-0.39, 0.29) is 5.54 Å². The number of nitrogens with zero attached hydrogens (tertiary/aromatic N) is 4. The SMILES string of the molecule is Cc1cccc(C)c1-c1ccnc(-n2c3ccccc3c3ccc([Si](c4ccccc4)(c4ccccc4)c4cccc(-n5c[n+](C(C)(C)C)c6ccccc65)c4)cc32)c1. The van der Waals surface area contributed by atoms with Gasteiger partial charge in [0.15, 0.2) is 19.1 Å². The minimum atomic E-state index is -2.98. The molecule has 3 heterocycles. The van der Waals surface area contributed by atoms with Crippen LogP contribution in [0.3, 0.4) is 0 Å². The molecule has 10 rings (SSSR count). The van der Waals surface area contributed by atoms with Crippen molar-refractivity contribution in [2.24, 2.45) is 0 Å². The van der Waals surface area contributed by atoms with Crippen LogP contribution in [0.25, 0.3) is 55.5 Å². The zero-order valence-electron chi connectivity index (χ0n) is 34.3. The molecule has 4 nitrogen and oxygen atoms in total. The Hall–Kier alpha value is -6.82. The quantitative estimate of drug-likeness (QED) is 0.0900. The maximum absolute atomic E-state index is 5.09. The molecule has 59 heavy (non-hydrogen) atoms. The zero-order valence-corrected chi connectivity index (χ0v) is 35.3. The lowest BCUT2D eigenvalue weighted by Gasteiger charge is -2.34. The summed E-state index contributed by atoms with van der Waals surface area (Å²) >= 11 is 0. The first kappa shape index (κ1) is 36.5. The standard InChI is InChI=1S/C54H47N4Si/c1-38-18-16-19-39(2)53(38)40-32-33-55-52(34-40)58-48-27-13-12-26-46(48)47-31-30-45(36-51(47)58)59(42-21-8-6-9-22-42,43-23-10-7-11-24-43)44-25-17-20-41(35-44)56-37-57(54(3,4)5)50-29-15-14-28-49(50)56/h6-37H,1-5H3/q+1. The van der Waals surface area contributed by atoms with Crippen molar-refractivity contribution in [3.05, 3.63) is 206 Å². The van der Waals surface area contributed by atoms with Gasteiger partial charge in [-0.1, -0.05) is 133 Å². The van der Waals surface area contributed by atoms with Crippen molar-refractivity contribution in [3.8, 4) is 22.6 Å². The van der Waals surface area contributed by atoms with Gasteiger partial charge in [0, 0.05) is 17.0 Å². The fraction of sp³-hybridized carbons (Fsp3) is 0.111. The van der Waals surface area contributed by atoms with Crippen LogP contribution in [0.1, 0.15) is 31.9 Å². The first-order chi connectivity index (χ1) is 28.7. The van der Waals surface area contributed by atoms with E-state index in [9.17, 15) is 0 Å². The highest BCUT2D eigenvalue weighted by Gasteiger charge is 2.42. The predicted octanol–water partition coefficient (Wildman–Crippen LogP) is 9.83. The summed E-state index contributed by atoms with van der Waals surface area (Å²) in [5, 5.41) is 7.74. The summed E-state index contributed by atoms with van der Waals surface area (Å²) in [4.78, 5) is 5.09. The van der Waals surface area contributed by atoms with Gasteiger partial charge in [0.05, 0.1) is 11.0 Å². The van der Waals surface area contributed by atoms with Crippen molar-refractivity contribution in [1.82, 2.24) is 14.1 Å². The molecule has 7 aromatic carbocycles. The minimum absolute atomic E-state index is 0.0873. The lowest BCUT2D eigenvalue weighted by Crippen LogP contribution is -2.74. The van der Waals surface area contributed by atoms with Crippen LogP contribution in [0.4, 0.5) is 0 Å². The molecule has 0 aliphatic rings. The molecule has 0 N–H and O–H groups in total. The van der Waals surface area contributed by atoms with Crippen LogP contribution < -0.4 is 25.3 Å². The van der Waals surface area contributed by atoms with Gasteiger partial charge in [-0.15, -0.1) is 0 Å². The molecule has 0 spiro atoms. The number of rotatable bonds is 7. The average molecular weight is 780 g/mol. The summed E-state index contributed by atoms with van der Waals surface area (Å²) in [6.45, 7) is 11.2. The highest BCUT2D eigenvalue weighted by molar-refractivity contribution is 7.20. The number of hydrogen-bond acceptors (Lipinski definition) is 1. The van der Waals surface area contributed by atoms with Gasteiger partial charge in [-0.05, 0) is 126 Å². The number of hydrogen-bond donors (Lipinski definition) is 0. The van der Waals surface area contributed by atoms with Gasteiger partial charge in [0.2, 0.25) is 6.33 Å². The summed E-state index contributed by atoms with van der Waals surface area (Å²) in [5.74, 6) is 0.911. The van der Waals surface area contributed by atoms with Crippen LogP contribution in [-0.2, 0) is 5.54 Å². The minimum Gasteiger partial charge on any atom is -0.294 e. The molecule has 3 aromatic heterocycles. The molecule has 286 valence electrons.